The van der Waals surface area contributed by atoms with Crippen molar-refractivity contribution in [2.75, 3.05) is 27.2 Å². The first-order valence-corrected chi connectivity index (χ1v) is 18.4. The molecular formula is C39H64Cl2NO2+. The Labute approximate surface area is 281 Å². The number of carbonyl (C=O) groups is 1. The van der Waals surface area contributed by atoms with Crippen LogP contribution in [0, 0.1) is 6.92 Å². The molecule has 250 valence electrons. The third-order valence-electron chi connectivity index (χ3n) is 8.73. The second-order valence-corrected chi connectivity index (χ2v) is 14.1. The lowest BCUT2D eigenvalue weighted by Gasteiger charge is -2.30. The summed E-state index contributed by atoms with van der Waals surface area (Å²) in [6.07, 6.45) is 26.4. The van der Waals surface area contributed by atoms with Crippen LogP contribution in [-0.4, -0.2) is 42.7 Å². The number of nitrogens with zero attached hydrogens (tertiary/aromatic N) is 1. The van der Waals surface area contributed by atoms with Gasteiger partial charge in [-0.3, -0.25) is 0 Å². The van der Waals surface area contributed by atoms with E-state index in [4.69, 9.17) is 23.2 Å². The van der Waals surface area contributed by atoms with E-state index in [2.05, 4.69) is 27.9 Å². The molecule has 2 rings (SSSR count). The van der Waals surface area contributed by atoms with Gasteiger partial charge in [-0.15, -0.1) is 0 Å². The van der Waals surface area contributed by atoms with Crippen LogP contribution >= 0.6 is 23.2 Å². The number of carboxylic acid groups (broad SMARTS) is 1. The van der Waals surface area contributed by atoms with Crippen molar-refractivity contribution in [1.82, 2.24) is 0 Å². The van der Waals surface area contributed by atoms with Crippen LogP contribution in [-0.2, 0) is 6.42 Å². The van der Waals surface area contributed by atoms with Crippen molar-refractivity contribution in [3.05, 3.63) is 68.7 Å². The van der Waals surface area contributed by atoms with Crippen LogP contribution in [0.15, 0.2) is 36.4 Å². The molecule has 0 radical (unpaired) electrons. The number of quaternary nitrogens is 1. The van der Waals surface area contributed by atoms with E-state index in [9.17, 15) is 9.90 Å². The second-order valence-electron chi connectivity index (χ2n) is 13.3. The minimum absolute atomic E-state index is 0.274. The van der Waals surface area contributed by atoms with Crippen molar-refractivity contribution in [2.24, 2.45) is 0 Å². The molecule has 0 saturated heterocycles. The monoisotopic (exact) mass is 648 g/mol. The lowest BCUT2D eigenvalue weighted by atomic mass is 9.98. The normalized spacial score (nSPS) is 11.3. The Kier molecular flexibility index (Phi) is 22.7. The molecule has 0 aliphatic heterocycles. The fourth-order valence-electron chi connectivity index (χ4n) is 5.76. The van der Waals surface area contributed by atoms with E-state index in [0.29, 0.717) is 22.0 Å². The summed E-state index contributed by atoms with van der Waals surface area (Å²) in [7, 11) is 4.88. The molecule has 0 amide bonds. The summed E-state index contributed by atoms with van der Waals surface area (Å²) in [6.45, 7) is 9.26. The fraction of sp³-hybridized carbons (Fsp3) is 0.667. The number of rotatable bonds is 23. The highest BCUT2D eigenvalue weighted by Crippen LogP contribution is 2.30. The predicted molar refractivity (Wildman–Crippen MR) is 194 cm³/mol. The van der Waals surface area contributed by atoms with E-state index in [1.807, 2.05) is 13.0 Å². The third-order valence-corrected chi connectivity index (χ3v) is 9.61. The maximum Gasteiger partial charge on any atom is 0.335 e. The molecule has 0 bridgehead atoms. The molecule has 2 aromatic carbocycles. The van der Waals surface area contributed by atoms with Gasteiger partial charge in [0.1, 0.15) is 0 Å². The highest BCUT2D eigenvalue weighted by Gasteiger charge is 2.15. The predicted octanol–water partition coefficient (Wildman–Crippen LogP) is 12.7. The number of unbranched alkanes of at least 4 members (excludes halogenated alkanes) is 16. The van der Waals surface area contributed by atoms with Gasteiger partial charge in [0.25, 0.3) is 0 Å². The number of hydrogen-bond donors (Lipinski definition) is 1. The Morgan fingerprint density at radius 1 is 0.659 bits per heavy atom. The van der Waals surface area contributed by atoms with Crippen molar-refractivity contribution in [3.63, 3.8) is 0 Å². The van der Waals surface area contributed by atoms with Crippen LogP contribution in [0.3, 0.4) is 0 Å². The number of aryl methyl sites for hydroxylation is 1. The van der Waals surface area contributed by atoms with Gasteiger partial charge in [-0.2, -0.15) is 0 Å². The molecule has 44 heavy (non-hydrogen) atoms. The lowest BCUT2D eigenvalue weighted by molar-refractivity contribution is -0.890. The van der Waals surface area contributed by atoms with E-state index < -0.39 is 5.97 Å². The van der Waals surface area contributed by atoms with Gasteiger partial charge < -0.3 is 9.59 Å². The van der Waals surface area contributed by atoms with Gasteiger partial charge in [0.15, 0.2) is 0 Å². The minimum Gasteiger partial charge on any atom is -0.478 e. The van der Waals surface area contributed by atoms with Gasteiger partial charge in [-0.25, -0.2) is 4.79 Å². The van der Waals surface area contributed by atoms with Gasteiger partial charge in [0.2, 0.25) is 0 Å². The van der Waals surface area contributed by atoms with Crippen molar-refractivity contribution in [2.45, 2.75) is 143 Å². The SMILES string of the molecule is CCCCCCCCCCCC[N+](C)(C)CCCCCCCCCC.Cc1ccc(Cl)c(Cc2ccccc2C(=O)O)c1Cl. The molecular weight excluding hydrogens is 585 g/mol. The molecule has 5 heteroatoms. The van der Waals surface area contributed by atoms with Crippen LogP contribution in [0.2, 0.25) is 10.0 Å². The van der Waals surface area contributed by atoms with Gasteiger partial charge in [-0.1, -0.05) is 151 Å². The van der Waals surface area contributed by atoms with Gasteiger partial charge in [0.05, 0.1) is 32.7 Å². The van der Waals surface area contributed by atoms with Crippen LogP contribution in [0.5, 0.6) is 0 Å². The Morgan fingerprint density at radius 2 is 1.09 bits per heavy atom. The topological polar surface area (TPSA) is 37.3 Å². The Bertz CT molecular complexity index is 1040. The van der Waals surface area contributed by atoms with Crippen molar-refractivity contribution < 1.29 is 14.4 Å². The molecule has 0 aliphatic carbocycles. The summed E-state index contributed by atoms with van der Waals surface area (Å²) in [5.41, 5.74) is 2.66. The van der Waals surface area contributed by atoms with Crippen LogP contribution in [0.1, 0.15) is 156 Å². The Hall–Kier alpha value is -1.55. The van der Waals surface area contributed by atoms with Crippen molar-refractivity contribution in [3.8, 4) is 0 Å². The Balaban J connectivity index is 0.000000454. The average Bonchev–Trinajstić information content (AvgIpc) is 3.00. The molecule has 0 unspecified atom stereocenters. The molecule has 0 heterocycles. The van der Waals surface area contributed by atoms with Crippen molar-refractivity contribution >= 4 is 29.2 Å². The average molecular weight is 650 g/mol. The summed E-state index contributed by atoms with van der Waals surface area (Å²) in [5, 5.41) is 10.3. The number of halogens is 2. The molecule has 0 atom stereocenters. The third kappa shape index (κ3) is 18.4. The zero-order valence-corrected chi connectivity index (χ0v) is 30.4. The first kappa shape index (κ1) is 40.5. The summed E-state index contributed by atoms with van der Waals surface area (Å²) in [4.78, 5) is 11.2. The highest BCUT2D eigenvalue weighted by atomic mass is 35.5. The molecule has 0 spiro atoms. The van der Waals surface area contributed by atoms with Gasteiger partial charge in [-0.05, 0) is 61.4 Å². The fourth-order valence-corrected chi connectivity index (χ4v) is 6.27. The first-order valence-electron chi connectivity index (χ1n) is 17.7. The lowest BCUT2D eigenvalue weighted by Crippen LogP contribution is -2.41. The summed E-state index contributed by atoms with van der Waals surface area (Å²) < 4.78 is 1.24. The summed E-state index contributed by atoms with van der Waals surface area (Å²) in [5.74, 6) is -0.949. The van der Waals surface area contributed by atoms with Crippen LogP contribution < -0.4 is 0 Å². The van der Waals surface area contributed by atoms with E-state index in [-0.39, 0.29) is 5.56 Å². The number of hydrogen-bond acceptors (Lipinski definition) is 1. The molecule has 2 aromatic rings. The maximum absolute atomic E-state index is 11.2. The van der Waals surface area contributed by atoms with Crippen LogP contribution in [0.25, 0.3) is 0 Å². The summed E-state index contributed by atoms with van der Waals surface area (Å²) >= 11 is 12.4. The molecule has 3 nitrogen and oxygen atoms in total. The van der Waals surface area contributed by atoms with Crippen molar-refractivity contribution in [1.29, 1.82) is 0 Å². The molecule has 0 aromatic heterocycles. The zero-order chi connectivity index (χ0) is 32.6. The maximum atomic E-state index is 11.2. The molecule has 0 fully saturated rings. The number of carboxylic acids is 1. The molecule has 0 saturated carbocycles. The quantitative estimate of drug-likeness (QED) is 0.0961. The zero-order valence-electron chi connectivity index (χ0n) is 28.9. The van der Waals surface area contributed by atoms with E-state index in [1.54, 1.807) is 30.3 Å². The number of benzene rings is 2. The highest BCUT2D eigenvalue weighted by molar-refractivity contribution is 6.36. The van der Waals surface area contributed by atoms with E-state index in [0.717, 1.165) is 11.1 Å². The van der Waals surface area contributed by atoms with Crippen LogP contribution in [0.4, 0.5) is 0 Å². The smallest absolute Gasteiger partial charge is 0.335 e. The molecule has 0 aliphatic rings. The molecule has 1 N–H and O–H groups in total. The van der Waals surface area contributed by atoms with E-state index >= 15 is 0 Å². The first-order chi connectivity index (χ1) is 21.1. The number of aromatic carboxylic acids is 1. The largest absolute Gasteiger partial charge is 0.478 e. The standard InChI is InChI=1S/C24H52N.C15H12Cl2O2/c1-5-7-9-11-13-15-16-18-20-22-24-25(3,4)23-21-19-17-14-12-10-8-6-2;1-9-6-7-13(16)12(14(9)17)8-10-4-2-3-5-11(10)15(18)19/h5-24H2,1-4H3;2-7H,8H2,1H3,(H,18,19)/q+1;. The van der Waals surface area contributed by atoms with Gasteiger partial charge >= 0.3 is 5.97 Å². The van der Waals surface area contributed by atoms with E-state index in [1.165, 1.54) is 133 Å². The minimum atomic E-state index is -0.949. The van der Waals surface area contributed by atoms with Gasteiger partial charge in [0, 0.05) is 16.5 Å². The Morgan fingerprint density at radius 3 is 1.55 bits per heavy atom. The second kappa shape index (κ2) is 24.7. The summed E-state index contributed by atoms with van der Waals surface area (Å²) in [6, 6.07) is 10.5.